The third-order valence-electron chi connectivity index (χ3n) is 3.61. The largest absolute Gasteiger partial charge is 0.488 e. The number of nitrogens with zero attached hydrogens (tertiary/aromatic N) is 2. The number of anilines is 1. The van der Waals surface area contributed by atoms with Crippen molar-refractivity contribution in [3.63, 3.8) is 0 Å². The summed E-state index contributed by atoms with van der Waals surface area (Å²) in [6, 6.07) is 12.3. The van der Waals surface area contributed by atoms with Crippen LogP contribution < -0.4 is 11.2 Å². The van der Waals surface area contributed by atoms with Gasteiger partial charge in [0, 0.05) is 24.4 Å². The number of hydrogen-bond acceptors (Lipinski definition) is 6. The molecule has 4 N–H and O–H groups in total. The molecular formula is C17H16BN3O3. The first-order valence-corrected chi connectivity index (χ1v) is 7.33. The second kappa shape index (κ2) is 6.70. The Morgan fingerprint density at radius 2 is 2.04 bits per heavy atom. The molecule has 0 spiro atoms. The maximum atomic E-state index is 9.35. The van der Waals surface area contributed by atoms with Crippen LogP contribution in [0.25, 0.3) is 22.6 Å². The van der Waals surface area contributed by atoms with Crippen molar-refractivity contribution in [1.82, 2.24) is 4.98 Å². The van der Waals surface area contributed by atoms with Crippen molar-refractivity contribution in [2.45, 2.75) is 0 Å². The van der Waals surface area contributed by atoms with Gasteiger partial charge in [0.15, 0.2) is 0 Å². The monoisotopic (exact) mass is 321 g/mol. The van der Waals surface area contributed by atoms with Crippen molar-refractivity contribution >= 4 is 24.6 Å². The fourth-order valence-electron chi connectivity index (χ4n) is 2.48. The average molecular weight is 321 g/mol. The van der Waals surface area contributed by atoms with E-state index >= 15 is 0 Å². The molecule has 3 rings (SSSR count). The lowest BCUT2D eigenvalue weighted by atomic mass is 9.79. The molecule has 0 saturated heterocycles. The van der Waals surface area contributed by atoms with Gasteiger partial charge in [-0.2, -0.15) is 0 Å². The average Bonchev–Trinajstić information content (AvgIpc) is 3.11. The maximum Gasteiger partial charge on any atom is 0.488 e. The molecule has 24 heavy (non-hydrogen) atoms. The van der Waals surface area contributed by atoms with Gasteiger partial charge in [-0.1, -0.05) is 24.3 Å². The lowest BCUT2D eigenvalue weighted by Gasteiger charge is -2.11. The van der Waals surface area contributed by atoms with Crippen LogP contribution in [0.15, 0.2) is 58.1 Å². The fraction of sp³-hybridized carbons (Fsp3) is 0.0588. The highest BCUT2D eigenvalue weighted by Crippen LogP contribution is 2.30. The summed E-state index contributed by atoms with van der Waals surface area (Å²) in [5.41, 5.74) is 9.26. The molecule has 7 heteroatoms. The van der Waals surface area contributed by atoms with Gasteiger partial charge in [0.25, 0.3) is 0 Å². The smallest absolute Gasteiger partial charge is 0.464 e. The van der Waals surface area contributed by atoms with Crippen LogP contribution in [-0.2, 0) is 0 Å². The Kier molecular flexibility index (Phi) is 4.46. The first kappa shape index (κ1) is 16.0. The molecule has 0 atom stereocenters. The topological polar surface area (TPSA) is 105 Å². The summed E-state index contributed by atoms with van der Waals surface area (Å²) >= 11 is 0. The summed E-state index contributed by atoms with van der Waals surface area (Å²) in [7, 11) is 0.115. The third-order valence-corrected chi connectivity index (χ3v) is 3.61. The summed E-state index contributed by atoms with van der Waals surface area (Å²) in [6.07, 6.45) is 3.22. The van der Waals surface area contributed by atoms with E-state index in [2.05, 4.69) is 9.98 Å². The van der Waals surface area contributed by atoms with E-state index in [1.54, 1.807) is 43.8 Å². The number of pyridine rings is 1. The number of benzene rings is 1. The second-order valence-electron chi connectivity index (χ2n) is 5.22. The van der Waals surface area contributed by atoms with Crippen molar-refractivity contribution in [3.8, 4) is 22.6 Å². The number of hydrogen-bond donors (Lipinski definition) is 3. The number of nitrogens with two attached hydrogens (primary N) is 1. The van der Waals surface area contributed by atoms with Gasteiger partial charge in [0.05, 0.1) is 12.0 Å². The number of aromatic nitrogens is 1. The Hall–Kier alpha value is -2.90. The van der Waals surface area contributed by atoms with Crippen molar-refractivity contribution in [3.05, 3.63) is 54.3 Å². The van der Waals surface area contributed by atoms with E-state index in [1.807, 2.05) is 18.2 Å². The van der Waals surface area contributed by atoms with Crippen LogP contribution in [0.5, 0.6) is 0 Å². The lowest BCUT2D eigenvalue weighted by molar-refractivity contribution is 0.426. The highest BCUT2D eigenvalue weighted by Gasteiger charge is 2.16. The van der Waals surface area contributed by atoms with Crippen LogP contribution in [0.4, 0.5) is 5.82 Å². The maximum absolute atomic E-state index is 9.35. The molecule has 2 aromatic heterocycles. The molecular weight excluding hydrogens is 305 g/mol. The second-order valence-corrected chi connectivity index (χ2v) is 5.22. The molecule has 0 unspecified atom stereocenters. The van der Waals surface area contributed by atoms with Crippen LogP contribution in [0, 0.1) is 0 Å². The van der Waals surface area contributed by atoms with Crippen LogP contribution in [-0.4, -0.2) is 35.4 Å². The minimum absolute atomic E-state index is 0.319. The SMILES string of the molecule is CN=Cc1c(-c2ccco2)cc(-c2cccc(B(O)O)c2)nc1N. The van der Waals surface area contributed by atoms with E-state index in [0.29, 0.717) is 28.3 Å². The summed E-state index contributed by atoms with van der Waals surface area (Å²) in [6.45, 7) is 0. The standard InChI is InChI=1S/C17H16BN3O3/c1-20-10-14-13(16-6-3-7-24-16)9-15(21-17(14)19)11-4-2-5-12(8-11)18(22)23/h2-10,22-23H,1H3,(H2,19,21). The van der Waals surface area contributed by atoms with E-state index in [9.17, 15) is 10.0 Å². The summed E-state index contributed by atoms with van der Waals surface area (Å²) in [5, 5.41) is 18.7. The third kappa shape index (κ3) is 3.08. The summed E-state index contributed by atoms with van der Waals surface area (Å²) in [4.78, 5) is 8.44. The highest BCUT2D eigenvalue weighted by molar-refractivity contribution is 6.58. The zero-order valence-corrected chi connectivity index (χ0v) is 13.0. The minimum Gasteiger partial charge on any atom is -0.464 e. The molecule has 3 aromatic rings. The Morgan fingerprint density at radius 1 is 1.21 bits per heavy atom. The van der Waals surface area contributed by atoms with Crippen molar-refractivity contribution in [1.29, 1.82) is 0 Å². The Balaban J connectivity index is 2.19. The van der Waals surface area contributed by atoms with Gasteiger partial charge >= 0.3 is 7.12 Å². The van der Waals surface area contributed by atoms with Gasteiger partial charge in [-0.15, -0.1) is 0 Å². The molecule has 0 aliphatic carbocycles. The molecule has 0 radical (unpaired) electrons. The van der Waals surface area contributed by atoms with Crippen molar-refractivity contribution < 1.29 is 14.5 Å². The number of aliphatic imine (C=N–C) groups is 1. The number of rotatable bonds is 4. The zero-order chi connectivity index (χ0) is 17.1. The molecule has 0 aliphatic rings. The Labute approximate surface area is 139 Å². The highest BCUT2D eigenvalue weighted by atomic mass is 16.4. The Bertz CT molecular complexity index is 877. The summed E-state index contributed by atoms with van der Waals surface area (Å²) in [5.74, 6) is 0.970. The van der Waals surface area contributed by atoms with Crippen LogP contribution in [0.3, 0.4) is 0 Å². The molecule has 120 valence electrons. The number of furan rings is 1. The van der Waals surface area contributed by atoms with Crippen LogP contribution in [0.1, 0.15) is 5.56 Å². The normalized spacial score (nSPS) is 11.1. The molecule has 0 saturated carbocycles. The minimum atomic E-state index is -1.54. The Morgan fingerprint density at radius 3 is 2.71 bits per heavy atom. The summed E-state index contributed by atoms with van der Waals surface area (Å²) < 4.78 is 5.49. The molecule has 1 aromatic carbocycles. The number of nitrogen functional groups attached to an aromatic ring is 1. The molecule has 0 aliphatic heterocycles. The van der Waals surface area contributed by atoms with E-state index in [1.165, 1.54) is 0 Å². The van der Waals surface area contributed by atoms with E-state index in [0.717, 1.165) is 11.1 Å². The molecule has 0 fully saturated rings. The lowest BCUT2D eigenvalue weighted by Crippen LogP contribution is -2.29. The zero-order valence-electron chi connectivity index (χ0n) is 13.0. The van der Waals surface area contributed by atoms with Crippen LogP contribution in [0.2, 0.25) is 0 Å². The van der Waals surface area contributed by atoms with Gasteiger partial charge in [-0.3, -0.25) is 4.99 Å². The molecule has 0 bridgehead atoms. The fourth-order valence-corrected chi connectivity index (χ4v) is 2.48. The predicted octanol–water partition coefficient (Wildman–Crippen LogP) is 1.32. The van der Waals surface area contributed by atoms with Crippen LogP contribution >= 0.6 is 0 Å². The quantitative estimate of drug-likeness (QED) is 0.496. The van der Waals surface area contributed by atoms with Gasteiger partial charge in [-0.25, -0.2) is 4.98 Å². The predicted molar refractivity (Wildman–Crippen MR) is 95.1 cm³/mol. The van der Waals surface area contributed by atoms with Gasteiger partial charge in [0.2, 0.25) is 0 Å². The molecule has 6 nitrogen and oxygen atoms in total. The van der Waals surface area contributed by atoms with Gasteiger partial charge in [-0.05, 0) is 29.2 Å². The molecule has 2 heterocycles. The van der Waals surface area contributed by atoms with Gasteiger partial charge in [0.1, 0.15) is 11.6 Å². The first-order valence-electron chi connectivity index (χ1n) is 7.33. The van der Waals surface area contributed by atoms with Crippen molar-refractivity contribution in [2.24, 2.45) is 4.99 Å². The van der Waals surface area contributed by atoms with E-state index in [-0.39, 0.29) is 0 Å². The van der Waals surface area contributed by atoms with E-state index < -0.39 is 7.12 Å². The van der Waals surface area contributed by atoms with Gasteiger partial charge < -0.3 is 20.2 Å². The molecule has 0 amide bonds. The van der Waals surface area contributed by atoms with E-state index in [4.69, 9.17) is 10.2 Å². The van der Waals surface area contributed by atoms with Crippen molar-refractivity contribution in [2.75, 3.05) is 12.8 Å². The first-order chi connectivity index (χ1) is 11.6.